The molecule has 162 valence electrons. The van der Waals surface area contributed by atoms with E-state index in [2.05, 4.69) is 0 Å². The summed E-state index contributed by atoms with van der Waals surface area (Å²) in [5.74, 6) is 0. The first-order valence-electron chi connectivity index (χ1n) is 9.58. The van der Waals surface area contributed by atoms with Crippen LogP contribution in [0.1, 0.15) is 12.0 Å². The van der Waals surface area contributed by atoms with Crippen molar-refractivity contribution in [3.05, 3.63) is 42.0 Å². The predicted octanol–water partition coefficient (Wildman–Crippen LogP) is -0.991. The number of ether oxygens (including phenoxy) is 4. The summed E-state index contributed by atoms with van der Waals surface area (Å²) in [6.45, 7) is -0.0608. The minimum absolute atomic E-state index is 0.0615. The molecule has 8 atom stereocenters. The van der Waals surface area contributed by atoms with E-state index in [9.17, 15) is 25.5 Å². The molecule has 2 saturated heterocycles. The zero-order valence-electron chi connectivity index (χ0n) is 15.9. The van der Waals surface area contributed by atoms with Gasteiger partial charge in [-0.1, -0.05) is 42.5 Å². The summed E-state index contributed by atoms with van der Waals surface area (Å²) < 4.78 is 21.8. The SMILES string of the molecule is O[C@@H]1[C@@H](O)[C@H](OC[C@@H]2C[C@H](O)[C@@H](O)[C@H](OC/C=C/c3ccccc3)O2)OC[C@@H]1O. The fourth-order valence-corrected chi connectivity index (χ4v) is 3.19. The second-order valence-corrected chi connectivity index (χ2v) is 7.15. The molecule has 2 heterocycles. The van der Waals surface area contributed by atoms with Gasteiger partial charge in [-0.3, -0.25) is 0 Å². The van der Waals surface area contributed by atoms with E-state index in [-0.39, 0.29) is 26.2 Å². The van der Waals surface area contributed by atoms with Crippen molar-refractivity contribution in [2.24, 2.45) is 0 Å². The monoisotopic (exact) mass is 412 g/mol. The van der Waals surface area contributed by atoms with E-state index < -0.39 is 49.2 Å². The molecule has 0 radical (unpaired) electrons. The molecule has 0 bridgehead atoms. The molecule has 1 aromatic carbocycles. The van der Waals surface area contributed by atoms with Crippen LogP contribution < -0.4 is 0 Å². The number of hydrogen-bond donors (Lipinski definition) is 5. The molecule has 29 heavy (non-hydrogen) atoms. The second kappa shape index (κ2) is 10.6. The van der Waals surface area contributed by atoms with Gasteiger partial charge in [-0.25, -0.2) is 0 Å². The predicted molar refractivity (Wildman–Crippen MR) is 100 cm³/mol. The molecule has 0 unspecified atom stereocenters. The maximum atomic E-state index is 10.1. The highest BCUT2D eigenvalue weighted by atomic mass is 16.7. The molecular formula is C20H28O9. The van der Waals surface area contributed by atoms with Crippen LogP contribution >= 0.6 is 0 Å². The van der Waals surface area contributed by atoms with Crippen LogP contribution in [0.25, 0.3) is 6.08 Å². The summed E-state index contributed by atoms with van der Waals surface area (Å²) in [6.07, 6.45) is -5.28. The van der Waals surface area contributed by atoms with E-state index in [0.29, 0.717) is 0 Å². The third kappa shape index (κ3) is 6.05. The van der Waals surface area contributed by atoms with Gasteiger partial charge in [-0.15, -0.1) is 0 Å². The Morgan fingerprint density at radius 2 is 1.66 bits per heavy atom. The van der Waals surface area contributed by atoms with Crippen LogP contribution in [0.4, 0.5) is 0 Å². The molecule has 2 aliphatic heterocycles. The number of rotatable bonds is 7. The summed E-state index contributed by atoms with van der Waals surface area (Å²) >= 11 is 0. The molecule has 9 nitrogen and oxygen atoms in total. The average molecular weight is 412 g/mol. The lowest BCUT2D eigenvalue weighted by molar-refractivity contribution is -0.300. The number of benzene rings is 1. The number of aliphatic hydroxyl groups excluding tert-OH is 5. The molecule has 5 N–H and O–H groups in total. The molecule has 0 amide bonds. The van der Waals surface area contributed by atoms with E-state index >= 15 is 0 Å². The van der Waals surface area contributed by atoms with Crippen molar-refractivity contribution in [2.75, 3.05) is 19.8 Å². The Bertz CT molecular complexity index is 640. The summed E-state index contributed by atoms with van der Waals surface area (Å²) in [5, 5.41) is 49.2. The Morgan fingerprint density at radius 3 is 2.41 bits per heavy atom. The number of hydrogen-bond acceptors (Lipinski definition) is 9. The minimum atomic E-state index is -1.41. The van der Waals surface area contributed by atoms with Gasteiger partial charge in [0.15, 0.2) is 12.6 Å². The molecule has 3 rings (SSSR count). The lowest BCUT2D eigenvalue weighted by Crippen LogP contribution is -2.55. The van der Waals surface area contributed by atoms with E-state index in [1.807, 2.05) is 36.4 Å². The van der Waals surface area contributed by atoms with Gasteiger partial charge in [0.1, 0.15) is 24.4 Å². The van der Waals surface area contributed by atoms with Crippen molar-refractivity contribution in [2.45, 2.75) is 55.6 Å². The largest absolute Gasteiger partial charge is 0.390 e. The minimum Gasteiger partial charge on any atom is -0.390 e. The maximum Gasteiger partial charge on any atom is 0.186 e. The molecule has 0 aromatic heterocycles. The lowest BCUT2D eigenvalue weighted by Gasteiger charge is -2.38. The summed E-state index contributed by atoms with van der Waals surface area (Å²) in [5.41, 5.74) is 1.01. The molecule has 0 spiro atoms. The van der Waals surface area contributed by atoms with Gasteiger partial charge in [-0.05, 0) is 5.56 Å². The second-order valence-electron chi connectivity index (χ2n) is 7.15. The smallest absolute Gasteiger partial charge is 0.186 e. The van der Waals surface area contributed by atoms with Crippen molar-refractivity contribution in [1.29, 1.82) is 0 Å². The highest BCUT2D eigenvalue weighted by Crippen LogP contribution is 2.23. The Balaban J connectivity index is 1.46. The normalized spacial score (nSPS) is 38.4. The van der Waals surface area contributed by atoms with Gasteiger partial charge >= 0.3 is 0 Å². The standard InChI is InChI=1S/C20H28O9/c21-14-9-13(10-27-19-18(25)16(23)15(22)11-28-19)29-20(17(14)24)26-8-4-7-12-5-2-1-3-6-12/h1-7,13-25H,8-11H2/b7-4+/t13-,14-,15-,16-,17+,18+,19+,20+/m0/s1. The molecule has 1 aromatic rings. The quantitative estimate of drug-likeness (QED) is 0.382. The topological polar surface area (TPSA) is 138 Å². The van der Waals surface area contributed by atoms with Crippen molar-refractivity contribution in [3.63, 3.8) is 0 Å². The first kappa shape index (κ1) is 22.3. The molecule has 0 saturated carbocycles. The van der Waals surface area contributed by atoms with E-state index in [4.69, 9.17) is 18.9 Å². The lowest BCUT2D eigenvalue weighted by atomic mass is 10.0. The van der Waals surface area contributed by atoms with Crippen LogP contribution in [0.2, 0.25) is 0 Å². The fourth-order valence-electron chi connectivity index (χ4n) is 3.19. The van der Waals surface area contributed by atoms with Gasteiger partial charge < -0.3 is 44.5 Å². The molecule has 9 heteroatoms. The van der Waals surface area contributed by atoms with Crippen LogP contribution in [0, 0.1) is 0 Å². The van der Waals surface area contributed by atoms with Gasteiger partial charge in [0.05, 0.1) is 32.0 Å². The highest BCUT2D eigenvalue weighted by Gasteiger charge is 2.41. The van der Waals surface area contributed by atoms with Crippen LogP contribution in [-0.2, 0) is 18.9 Å². The third-order valence-electron chi connectivity index (χ3n) is 4.87. The van der Waals surface area contributed by atoms with Crippen molar-refractivity contribution in [1.82, 2.24) is 0 Å². The van der Waals surface area contributed by atoms with Crippen LogP contribution in [0.5, 0.6) is 0 Å². The van der Waals surface area contributed by atoms with Gasteiger partial charge in [0.2, 0.25) is 0 Å². The zero-order valence-corrected chi connectivity index (χ0v) is 15.9. The van der Waals surface area contributed by atoms with Crippen molar-refractivity contribution in [3.8, 4) is 0 Å². The average Bonchev–Trinajstić information content (AvgIpc) is 2.73. The molecule has 0 aliphatic carbocycles. The van der Waals surface area contributed by atoms with Gasteiger partial charge in [0.25, 0.3) is 0 Å². The Hall–Kier alpha value is -1.40. The number of aliphatic hydroxyl groups is 5. The Kier molecular flexibility index (Phi) is 8.13. The molecular weight excluding hydrogens is 384 g/mol. The summed E-state index contributed by atoms with van der Waals surface area (Å²) in [7, 11) is 0. The van der Waals surface area contributed by atoms with Crippen LogP contribution in [0.3, 0.4) is 0 Å². The van der Waals surface area contributed by atoms with Crippen molar-refractivity contribution >= 4 is 6.08 Å². The molecule has 2 aliphatic rings. The maximum absolute atomic E-state index is 10.1. The van der Waals surface area contributed by atoms with Gasteiger partial charge in [0, 0.05) is 6.42 Å². The van der Waals surface area contributed by atoms with Crippen LogP contribution in [0.15, 0.2) is 36.4 Å². The highest BCUT2D eigenvalue weighted by molar-refractivity contribution is 5.48. The Morgan fingerprint density at radius 1 is 0.897 bits per heavy atom. The van der Waals surface area contributed by atoms with Crippen molar-refractivity contribution < 1.29 is 44.5 Å². The first-order valence-corrected chi connectivity index (χ1v) is 9.58. The Labute approximate surface area is 168 Å². The van der Waals surface area contributed by atoms with E-state index in [1.54, 1.807) is 6.08 Å². The molecule has 2 fully saturated rings. The van der Waals surface area contributed by atoms with E-state index in [0.717, 1.165) is 5.56 Å². The summed E-state index contributed by atoms with van der Waals surface area (Å²) in [6, 6.07) is 9.64. The first-order chi connectivity index (χ1) is 14.0. The third-order valence-corrected chi connectivity index (χ3v) is 4.87. The van der Waals surface area contributed by atoms with Crippen LogP contribution in [-0.4, -0.2) is 94.6 Å². The van der Waals surface area contributed by atoms with E-state index in [1.165, 1.54) is 0 Å². The summed E-state index contributed by atoms with van der Waals surface area (Å²) in [4.78, 5) is 0. The zero-order chi connectivity index (χ0) is 20.8. The fraction of sp³-hybridized carbons (Fsp3) is 0.600. The van der Waals surface area contributed by atoms with Gasteiger partial charge in [-0.2, -0.15) is 0 Å².